The van der Waals surface area contributed by atoms with E-state index in [2.05, 4.69) is 10.1 Å². The number of aromatic nitrogens is 3. The van der Waals surface area contributed by atoms with Gasteiger partial charge in [-0.1, -0.05) is 0 Å². The number of aryl methyl sites for hydroxylation is 1. The number of ether oxygens (including phenoxy) is 2. The van der Waals surface area contributed by atoms with Gasteiger partial charge in [-0.25, -0.2) is 4.68 Å². The molecule has 1 aromatic rings. The van der Waals surface area contributed by atoms with Crippen LogP contribution in [-0.2, 0) is 7.05 Å². The Balaban J connectivity index is 2.77. The van der Waals surface area contributed by atoms with Gasteiger partial charge in [0.15, 0.2) is 0 Å². The van der Waals surface area contributed by atoms with Crippen LogP contribution in [0.25, 0.3) is 0 Å². The molecule has 0 aromatic carbocycles. The third-order valence-electron chi connectivity index (χ3n) is 1.16. The molecular weight excluding hydrogens is 146 g/mol. The Morgan fingerprint density at radius 2 is 2.27 bits per heavy atom. The maximum atomic E-state index is 5.05. The molecule has 1 rings (SSSR count). The van der Waals surface area contributed by atoms with Crippen molar-refractivity contribution in [3.8, 4) is 12.0 Å². The second-order valence-corrected chi connectivity index (χ2v) is 1.94. The van der Waals surface area contributed by atoms with Crippen LogP contribution in [0.2, 0.25) is 0 Å². The number of methoxy groups -OCH3 is 1. The van der Waals surface area contributed by atoms with Crippen molar-refractivity contribution >= 4 is 0 Å². The zero-order valence-electron chi connectivity index (χ0n) is 6.87. The largest absolute Gasteiger partial charge is 0.467 e. The highest BCUT2D eigenvalue weighted by Crippen LogP contribution is 2.09. The highest BCUT2D eigenvalue weighted by molar-refractivity contribution is 5.01. The van der Waals surface area contributed by atoms with Crippen LogP contribution in [0.4, 0.5) is 0 Å². The van der Waals surface area contributed by atoms with E-state index in [9.17, 15) is 0 Å². The fraction of sp³-hybridized carbons (Fsp3) is 0.667. The topological polar surface area (TPSA) is 49.2 Å². The quantitative estimate of drug-likeness (QED) is 0.629. The van der Waals surface area contributed by atoms with E-state index in [1.54, 1.807) is 14.2 Å². The molecule has 1 aromatic heterocycles. The predicted octanol–water partition coefficient (Wildman–Crippen LogP) is 0.222. The van der Waals surface area contributed by atoms with Crippen LogP contribution in [-0.4, -0.2) is 28.5 Å². The first-order valence-corrected chi connectivity index (χ1v) is 3.35. The lowest BCUT2D eigenvalue weighted by atomic mass is 10.9. The predicted molar refractivity (Wildman–Crippen MR) is 38.7 cm³/mol. The molecule has 0 saturated heterocycles. The molecule has 0 aliphatic heterocycles. The molecule has 5 heteroatoms. The molecule has 0 radical (unpaired) electrons. The molecule has 62 valence electrons. The maximum absolute atomic E-state index is 5.05. The van der Waals surface area contributed by atoms with E-state index in [0.717, 1.165) is 0 Å². The van der Waals surface area contributed by atoms with Gasteiger partial charge in [0.25, 0.3) is 0 Å². The smallest absolute Gasteiger partial charge is 0.338 e. The number of rotatable bonds is 3. The molecule has 1 heterocycles. The average molecular weight is 157 g/mol. The summed E-state index contributed by atoms with van der Waals surface area (Å²) in [7, 11) is 3.29. The molecule has 0 fully saturated rings. The first kappa shape index (κ1) is 7.84. The molecule has 5 nitrogen and oxygen atoms in total. The Morgan fingerprint density at radius 3 is 2.73 bits per heavy atom. The minimum atomic E-state index is 0.354. The number of hydrogen-bond donors (Lipinski definition) is 0. The highest BCUT2D eigenvalue weighted by atomic mass is 16.5. The summed E-state index contributed by atoms with van der Waals surface area (Å²) in [5.41, 5.74) is 0. The van der Waals surface area contributed by atoms with Crippen molar-refractivity contribution in [2.24, 2.45) is 7.05 Å². The summed E-state index contributed by atoms with van der Waals surface area (Å²) in [5.74, 6) is 0. The normalized spacial score (nSPS) is 9.73. The van der Waals surface area contributed by atoms with Crippen LogP contribution in [0.1, 0.15) is 6.92 Å². The lowest BCUT2D eigenvalue weighted by molar-refractivity contribution is 0.310. The molecule has 0 atom stereocenters. The third kappa shape index (κ3) is 1.60. The van der Waals surface area contributed by atoms with Gasteiger partial charge in [-0.15, -0.1) is 10.1 Å². The van der Waals surface area contributed by atoms with Crippen molar-refractivity contribution < 1.29 is 9.47 Å². The van der Waals surface area contributed by atoms with E-state index in [4.69, 9.17) is 9.47 Å². The monoisotopic (exact) mass is 157 g/mol. The molecule has 0 aliphatic rings. The number of hydrogen-bond acceptors (Lipinski definition) is 4. The first-order chi connectivity index (χ1) is 5.27. The second kappa shape index (κ2) is 3.23. The molecule has 0 saturated carbocycles. The molecule has 0 bridgehead atoms. The lowest BCUT2D eigenvalue weighted by Gasteiger charge is -1.92. The van der Waals surface area contributed by atoms with Gasteiger partial charge < -0.3 is 9.47 Å². The fourth-order valence-corrected chi connectivity index (χ4v) is 0.716. The van der Waals surface area contributed by atoms with E-state index in [-0.39, 0.29) is 0 Å². The standard InChI is InChI=1S/C6H11N3O2/c1-4-11-5-7-6(10-3)9(2)8-5/h4H2,1-3H3. The first-order valence-electron chi connectivity index (χ1n) is 3.35. The average Bonchev–Trinajstić information content (AvgIpc) is 2.32. The van der Waals surface area contributed by atoms with Gasteiger partial charge in [0.2, 0.25) is 0 Å². The number of nitrogens with zero attached hydrogens (tertiary/aromatic N) is 3. The van der Waals surface area contributed by atoms with Crippen LogP contribution in [0, 0.1) is 0 Å². The lowest BCUT2D eigenvalue weighted by Crippen LogP contribution is -1.96. The summed E-state index contributed by atoms with van der Waals surface area (Å²) in [6.45, 7) is 2.44. The van der Waals surface area contributed by atoms with Gasteiger partial charge in [-0.05, 0) is 6.92 Å². The molecule has 0 N–H and O–H groups in total. The molecular formula is C6H11N3O2. The molecule has 0 aliphatic carbocycles. The summed E-state index contributed by atoms with van der Waals surface area (Å²) in [6.07, 6.45) is 0. The summed E-state index contributed by atoms with van der Waals surface area (Å²) < 4.78 is 11.4. The van der Waals surface area contributed by atoms with Gasteiger partial charge in [0, 0.05) is 7.05 Å². The van der Waals surface area contributed by atoms with Crippen molar-refractivity contribution in [3.63, 3.8) is 0 Å². The summed E-state index contributed by atoms with van der Waals surface area (Å²) in [6, 6.07) is 0.806. The third-order valence-corrected chi connectivity index (χ3v) is 1.16. The Morgan fingerprint density at radius 1 is 1.55 bits per heavy atom. The van der Waals surface area contributed by atoms with Gasteiger partial charge >= 0.3 is 12.0 Å². The van der Waals surface area contributed by atoms with Gasteiger partial charge in [0.1, 0.15) is 0 Å². The van der Waals surface area contributed by atoms with E-state index in [1.807, 2.05) is 6.92 Å². The van der Waals surface area contributed by atoms with Gasteiger partial charge in [0.05, 0.1) is 13.7 Å². The van der Waals surface area contributed by atoms with E-state index in [0.29, 0.717) is 18.6 Å². The molecule has 0 unspecified atom stereocenters. The molecule has 0 spiro atoms. The Hall–Kier alpha value is -1.26. The minimum Gasteiger partial charge on any atom is -0.467 e. The maximum Gasteiger partial charge on any atom is 0.338 e. The minimum absolute atomic E-state index is 0.354. The van der Waals surface area contributed by atoms with Crippen molar-refractivity contribution in [2.45, 2.75) is 6.92 Å². The molecule has 0 amide bonds. The van der Waals surface area contributed by atoms with Crippen molar-refractivity contribution in [2.75, 3.05) is 13.7 Å². The van der Waals surface area contributed by atoms with Crippen LogP contribution >= 0.6 is 0 Å². The summed E-state index contributed by atoms with van der Waals surface area (Å²) >= 11 is 0. The van der Waals surface area contributed by atoms with Gasteiger partial charge in [-0.3, -0.25) is 0 Å². The van der Waals surface area contributed by atoms with Crippen LogP contribution in [0.15, 0.2) is 0 Å². The van der Waals surface area contributed by atoms with Crippen LogP contribution in [0.5, 0.6) is 12.0 Å². The van der Waals surface area contributed by atoms with E-state index in [1.165, 1.54) is 4.68 Å². The summed E-state index contributed by atoms with van der Waals surface area (Å²) in [4.78, 5) is 3.93. The van der Waals surface area contributed by atoms with Gasteiger partial charge in [-0.2, -0.15) is 0 Å². The second-order valence-electron chi connectivity index (χ2n) is 1.94. The van der Waals surface area contributed by atoms with E-state index < -0.39 is 0 Å². The van der Waals surface area contributed by atoms with Crippen LogP contribution in [0.3, 0.4) is 0 Å². The zero-order chi connectivity index (χ0) is 8.27. The van der Waals surface area contributed by atoms with Crippen molar-refractivity contribution in [1.82, 2.24) is 14.8 Å². The fourth-order valence-electron chi connectivity index (χ4n) is 0.716. The zero-order valence-corrected chi connectivity index (χ0v) is 6.87. The van der Waals surface area contributed by atoms with E-state index >= 15 is 0 Å². The summed E-state index contributed by atoms with van der Waals surface area (Å²) in [5, 5.41) is 3.93. The molecule has 11 heavy (non-hydrogen) atoms. The van der Waals surface area contributed by atoms with Crippen molar-refractivity contribution in [1.29, 1.82) is 0 Å². The Bertz CT molecular complexity index is 234. The van der Waals surface area contributed by atoms with Crippen LogP contribution < -0.4 is 9.47 Å². The SMILES string of the molecule is CCOc1nc(OC)n(C)n1. The Labute approximate surface area is 64.9 Å². The Kier molecular flexibility index (Phi) is 2.30. The van der Waals surface area contributed by atoms with Crippen molar-refractivity contribution in [3.05, 3.63) is 0 Å². The highest BCUT2D eigenvalue weighted by Gasteiger charge is 2.05.